The highest BCUT2D eigenvalue weighted by Crippen LogP contribution is 2.22. The fraction of sp³-hybridized carbons (Fsp3) is 0.278. The molecule has 0 spiro atoms. The number of anilines is 1. The van der Waals surface area contributed by atoms with E-state index in [1.807, 2.05) is 24.3 Å². The van der Waals surface area contributed by atoms with E-state index in [4.69, 9.17) is 4.74 Å². The third-order valence-electron chi connectivity index (χ3n) is 3.13. The van der Waals surface area contributed by atoms with Crippen LogP contribution in [-0.2, 0) is 4.79 Å². The van der Waals surface area contributed by atoms with Gasteiger partial charge >= 0.3 is 0 Å². The summed E-state index contributed by atoms with van der Waals surface area (Å²) in [5.41, 5.74) is 3.19. The maximum atomic E-state index is 11.0. The molecular formula is C18H21NO2S. The van der Waals surface area contributed by atoms with E-state index in [0.717, 1.165) is 22.8 Å². The number of nitrogens with one attached hydrogen (secondary N) is 1. The summed E-state index contributed by atoms with van der Waals surface area (Å²) in [5, 5.41) is 2.76. The summed E-state index contributed by atoms with van der Waals surface area (Å²) in [6.45, 7) is 6.30. The van der Waals surface area contributed by atoms with Crippen molar-refractivity contribution in [3.05, 3.63) is 53.6 Å². The Morgan fingerprint density at radius 2 is 1.86 bits per heavy atom. The molecule has 116 valence electrons. The van der Waals surface area contributed by atoms with Crippen molar-refractivity contribution in [2.24, 2.45) is 0 Å². The zero-order chi connectivity index (χ0) is 15.9. The summed E-state index contributed by atoms with van der Waals surface area (Å²) >= 11 is 1.74. The maximum Gasteiger partial charge on any atom is 0.221 e. The Morgan fingerprint density at radius 3 is 2.55 bits per heavy atom. The van der Waals surface area contributed by atoms with Crippen LogP contribution >= 0.6 is 11.8 Å². The molecule has 0 bridgehead atoms. The molecule has 0 radical (unpaired) electrons. The minimum atomic E-state index is -0.0534. The normalized spacial score (nSPS) is 10.3. The zero-order valence-electron chi connectivity index (χ0n) is 13.2. The molecule has 0 aliphatic rings. The first-order chi connectivity index (χ1) is 10.5. The minimum Gasteiger partial charge on any atom is -0.492 e. The van der Waals surface area contributed by atoms with Crippen LogP contribution in [0, 0.1) is 13.8 Å². The Hall–Kier alpha value is -1.94. The van der Waals surface area contributed by atoms with Gasteiger partial charge in [0.25, 0.3) is 0 Å². The Bertz CT molecular complexity index is 638. The number of thioether (sulfide) groups is 1. The van der Waals surface area contributed by atoms with Gasteiger partial charge in [0, 0.05) is 23.3 Å². The van der Waals surface area contributed by atoms with Gasteiger partial charge in [-0.1, -0.05) is 12.1 Å². The van der Waals surface area contributed by atoms with E-state index in [9.17, 15) is 4.79 Å². The van der Waals surface area contributed by atoms with Crippen LogP contribution in [-0.4, -0.2) is 18.3 Å². The molecule has 0 saturated carbocycles. The van der Waals surface area contributed by atoms with Crippen molar-refractivity contribution >= 4 is 23.4 Å². The molecule has 0 unspecified atom stereocenters. The van der Waals surface area contributed by atoms with Crippen molar-refractivity contribution in [1.29, 1.82) is 0 Å². The monoisotopic (exact) mass is 315 g/mol. The lowest BCUT2D eigenvalue weighted by atomic mass is 10.1. The Labute approximate surface area is 136 Å². The number of benzene rings is 2. The van der Waals surface area contributed by atoms with E-state index in [1.165, 1.54) is 17.4 Å². The highest BCUT2D eigenvalue weighted by molar-refractivity contribution is 7.99. The molecule has 0 aliphatic heterocycles. The van der Waals surface area contributed by atoms with Crippen LogP contribution in [0.5, 0.6) is 5.75 Å². The van der Waals surface area contributed by atoms with Gasteiger partial charge in [0.2, 0.25) is 5.91 Å². The Kier molecular flexibility index (Phi) is 5.90. The average Bonchev–Trinajstić information content (AvgIpc) is 2.48. The van der Waals surface area contributed by atoms with Gasteiger partial charge in [0.05, 0.1) is 6.61 Å². The molecule has 0 atom stereocenters. The summed E-state index contributed by atoms with van der Waals surface area (Å²) in [6, 6.07) is 14.1. The van der Waals surface area contributed by atoms with Crippen LogP contribution in [0.3, 0.4) is 0 Å². The molecule has 4 heteroatoms. The number of amides is 1. The number of carbonyl (C=O) groups is 1. The van der Waals surface area contributed by atoms with Gasteiger partial charge in [-0.05, 0) is 55.3 Å². The number of hydrogen-bond acceptors (Lipinski definition) is 3. The number of rotatable bonds is 6. The van der Waals surface area contributed by atoms with Gasteiger partial charge in [0.1, 0.15) is 5.75 Å². The predicted octanol–water partition coefficient (Wildman–Crippen LogP) is 4.43. The van der Waals surface area contributed by atoms with E-state index >= 15 is 0 Å². The summed E-state index contributed by atoms with van der Waals surface area (Å²) in [6.07, 6.45) is 0. The second-order valence-corrected chi connectivity index (χ2v) is 6.34. The molecule has 2 rings (SSSR count). The standard InChI is InChI=1S/C18H21NO2S/c1-13-4-5-14(2)18(12-13)21-10-11-22-17-8-6-16(7-9-17)19-15(3)20/h4-9,12H,10-11H2,1-3H3,(H,19,20). The SMILES string of the molecule is CC(=O)Nc1ccc(SCCOc2cc(C)ccc2C)cc1. The quantitative estimate of drug-likeness (QED) is 0.633. The second kappa shape index (κ2) is 7.90. The van der Waals surface area contributed by atoms with Gasteiger partial charge in [-0.3, -0.25) is 4.79 Å². The lowest BCUT2D eigenvalue weighted by molar-refractivity contribution is -0.114. The average molecular weight is 315 g/mol. The molecule has 2 aromatic carbocycles. The zero-order valence-corrected chi connectivity index (χ0v) is 14.0. The van der Waals surface area contributed by atoms with Gasteiger partial charge in [-0.15, -0.1) is 11.8 Å². The summed E-state index contributed by atoms with van der Waals surface area (Å²) in [4.78, 5) is 12.1. The van der Waals surface area contributed by atoms with E-state index < -0.39 is 0 Å². The van der Waals surface area contributed by atoms with Crippen molar-refractivity contribution in [2.75, 3.05) is 17.7 Å². The Balaban J connectivity index is 1.79. The van der Waals surface area contributed by atoms with Crippen LogP contribution in [0.2, 0.25) is 0 Å². The van der Waals surface area contributed by atoms with E-state index in [1.54, 1.807) is 11.8 Å². The first kappa shape index (κ1) is 16.4. The highest BCUT2D eigenvalue weighted by atomic mass is 32.2. The molecule has 0 aromatic heterocycles. The topological polar surface area (TPSA) is 38.3 Å². The Morgan fingerprint density at radius 1 is 1.14 bits per heavy atom. The first-order valence-corrected chi connectivity index (χ1v) is 8.23. The predicted molar refractivity (Wildman–Crippen MR) is 92.9 cm³/mol. The molecule has 3 nitrogen and oxygen atoms in total. The van der Waals surface area contributed by atoms with E-state index in [-0.39, 0.29) is 5.91 Å². The molecule has 22 heavy (non-hydrogen) atoms. The lowest BCUT2D eigenvalue weighted by Crippen LogP contribution is -2.05. The number of aryl methyl sites for hydroxylation is 2. The molecule has 2 aromatic rings. The molecule has 0 fully saturated rings. The van der Waals surface area contributed by atoms with Gasteiger partial charge in [0.15, 0.2) is 0 Å². The van der Waals surface area contributed by atoms with Gasteiger partial charge in [-0.25, -0.2) is 0 Å². The summed E-state index contributed by atoms with van der Waals surface area (Å²) in [7, 11) is 0. The van der Waals surface area contributed by atoms with Crippen molar-refractivity contribution < 1.29 is 9.53 Å². The van der Waals surface area contributed by atoms with Crippen molar-refractivity contribution in [3.63, 3.8) is 0 Å². The number of hydrogen-bond donors (Lipinski definition) is 1. The fourth-order valence-corrected chi connectivity index (χ4v) is 2.74. The molecule has 0 heterocycles. The van der Waals surface area contributed by atoms with E-state index in [2.05, 4.69) is 37.4 Å². The van der Waals surface area contributed by atoms with E-state index in [0.29, 0.717) is 6.61 Å². The first-order valence-electron chi connectivity index (χ1n) is 7.25. The molecule has 0 saturated heterocycles. The lowest BCUT2D eigenvalue weighted by Gasteiger charge is -2.10. The third kappa shape index (κ3) is 5.11. The van der Waals surface area contributed by atoms with Gasteiger partial charge < -0.3 is 10.1 Å². The van der Waals surface area contributed by atoms with Crippen LogP contribution < -0.4 is 10.1 Å². The molecule has 0 aliphatic carbocycles. The van der Waals surface area contributed by atoms with Crippen LogP contribution in [0.15, 0.2) is 47.4 Å². The molecular weight excluding hydrogens is 294 g/mol. The van der Waals surface area contributed by atoms with Crippen LogP contribution in [0.25, 0.3) is 0 Å². The minimum absolute atomic E-state index is 0.0534. The number of ether oxygens (including phenoxy) is 1. The summed E-state index contributed by atoms with van der Waals surface area (Å²) in [5.74, 6) is 1.79. The second-order valence-electron chi connectivity index (χ2n) is 5.17. The fourth-order valence-electron chi connectivity index (χ4n) is 2.01. The van der Waals surface area contributed by atoms with Crippen molar-refractivity contribution in [2.45, 2.75) is 25.7 Å². The highest BCUT2D eigenvalue weighted by Gasteiger charge is 2.01. The summed E-state index contributed by atoms with van der Waals surface area (Å²) < 4.78 is 5.84. The maximum absolute atomic E-state index is 11.0. The smallest absolute Gasteiger partial charge is 0.221 e. The largest absolute Gasteiger partial charge is 0.492 e. The van der Waals surface area contributed by atoms with Crippen molar-refractivity contribution in [1.82, 2.24) is 0 Å². The third-order valence-corrected chi connectivity index (χ3v) is 4.10. The van der Waals surface area contributed by atoms with Gasteiger partial charge in [-0.2, -0.15) is 0 Å². The number of carbonyl (C=O) groups excluding carboxylic acids is 1. The van der Waals surface area contributed by atoms with Crippen LogP contribution in [0.4, 0.5) is 5.69 Å². The molecule has 1 N–H and O–H groups in total. The molecule has 1 amide bonds. The van der Waals surface area contributed by atoms with Crippen molar-refractivity contribution in [3.8, 4) is 5.75 Å². The van der Waals surface area contributed by atoms with Crippen LogP contribution in [0.1, 0.15) is 18.1 Å².